The minimum Gasteiger partial charge on any atom is -0.310 e. The van der Waals surface area contributed by atoms with E-state index in [1.165, 1.54) is 36.5 Å². The Balaban J connectivity index is 1.69. The Hall–Kier alpha value is -0.450. The summed E-state index contributed by atoms with van der Waals surface area (Å²) in [6, 6.07) is 0.663. The molecule has 1 aliphatic rings. The fourth-order valence-corrected chi connectivity index (χ4v) is 2.95. The molecular formula is C12H21N3S. The Labute approximate surface area is 102 Å². The highest BCUT2D eigenvalue weighted by molar-refractivity contribution is 7.09. The van der Waals surface area contributed by atoms with Crippen molar-refractivity contribution >= 4 is 11.3 Å². The maximum absolute atomic E-state index is 4.26. The van der Waals surface area contributed by atoms with Crippen molar-refractivity contribution in [3.05, 3.63) is 16.1 Å². The zero-order chi connectivity index (χ0) is 11.4. The van der Waals surface area contributed by atoms with Crippen molar-refractivity contribution in [3.63, 3.8) is 0 Å². The topological polar surface area (TPSA) is 28.2 Å². The summed E-state index contributed by atoms with van der Waals surface area (Å²) in [5.41, 5.74) is 3.10. The van der Waals surface area contributed by atoms with Crippen LogP contribution < -0.4 is 5.32 Å². The number of hydrogen-bond acceptors (Lipinski definition) is 4. The molecule has 1 fully saturated rings. The number of nitrogens with zero attached hydrogens (tertiary/aromatic N) is 2. The van der Waals surface area contributed by atoms with Crippen molar-refractivity contribution in [1.29, 1.82) is 0 Å². The molecule has 1 aromatic heterocycles. The average molecular weight is 239 g/mol. The Kier molecular flexibility index (Phi) is 4.32. The number of aryl methyl sites for hydroxylation is 1. The lowest BCUT2D eigenvalue weighted by molar-refractivity contribution is 0.252. The summed E-state index contributed by atoms with van der Waals surface area (Å²) in [5, 5.41) is 3.53. The second-order valence-electron chi connectivity index (χ2n) is 4.58. The summed E-state index contributed by atoms with van der Waals surface area (Å²) in [6.07, 6.45) is 2.75. The molecule has 0 spiro atoms. The van der Waals surface area contributed by atoms with Crippen LogP contribution in [0.5, 0.6) is 0 Å². The van der Waals surface area contributed by atoms with E-state index in [1.807, 2.05) is 5.51 Å². The number of nitrogens with one attached hydrogen (secondary N) is 1. The molecule has 1 saturated heterocycles. The van der Waals surface area contributed by atoms with Gasteiger partial charge in [-0.05, 0) is 39.8 Å². The molecule has 2 heterocycles. The predicted molar refractivity (Wildman–Crippen MR) is 68.8 cm³/mol. The van der Waals surface area contributed by atoms with Gasteiger partial charge in [0.05, 0.1) is 11.2 Å². The molecule has 3 nitrogen and oxygen atoms in total. The van der Waals surface area contributed by atoms with Crippen molar-refractivity contribution in [1.82, 2.24) is 15.2 Å². The minimum atomic E-state index is 0.663. The van der Waals surface area contributed by atoms with E-state index in [4.69, 9.17) is 0 Å². The van der Waals surface area contributed by atoms with Gasteiger partial charge in [-0.3, -0.25) is 4.90 Å². The van der Waals surface area contributed by atoms with Gasteiger partial charge in [0.1, 0.15) is 0 Å². The lowest BCUT2D eigenvalue weighted by Crippen LogP contribution is -2.38. The third kappa shape index (κ3) is 3.03. The Morgan fingerprint density at radius 2 is 2.25 bits per heavy atom. The Bertz CT molecular complexity index is 318. The van der Waals surface area contributed by atoms with Crippen molar-refractivity contribution in [3.8, 4) is 0 Å². The molecule has 4 heteroatoms. The third-order valence-corrected chi connectivity index (χ3v) is 4.27. The first-order valence-electron chi connectivity index (χ1n) is 6.11. The van der Waals surface area contributed by atoms with Gasteiger partial charge in [-0.1, -0.05) is 0 Å². The number of hydrogen-bond donors (Lipinski definition) is 1. The second kappa shape index (κ2) is 5.75. The van der Waals surface area contributed by atoms with Crippen LogP contribution in [0.25, 0.3) is 0 Å². The van der Waals surface area contributed by atoms with E-state index < -0.39 is 0 Å². The van der Waals surface area contributed by atoms with E-state index in [0.717, 1.165) is 13.1 Å². The van der Waals surface area contributed by atoms with E-state index in [9.17, 15) is 0 Å². The smallest absolute Gasteiger partial charge is 0.0798 e. The molecule has 0 radical (unpaired) electrons. The summed E-state index contributed by atoms with van der Waals surface area (Å²) >= 11 is 1.75. The van der Waals surface area contributed by atoms with E-state index >= 15 is 0 Å². The quantitative estimate of drug-likeness (QED) is 0.852. The summed E-state index contributed by atoms with van der Waals surface area (Å²) in [4.78, 5) is 8.20. The van der Waals surface area contributed by atoms with E-state index in [2.05, 4.69) is 29.0 Å². The van der Waals surface area contributed by atoms with Crippen LogP contribution in [0.3, 0.4) is 0 Å². The molecule has 90 valence electrons. The van der Waals surface area contributed by atoms with Gasteiger partial charge in [-0.2, -0.15) is 0 Å². The van der Waals surface area contributed by atoms with Gasteiger partial charge < -0.3 is 5.32 Å². The largest absolute Gasteiger partial charge is 0.310 e. The van der Waals surface area contributed by atoms with Crippen molar-refractivity contribution in [2.45, 2.75) is 39.3 Å². The van der Waals surface area contributed by atoms with Gasteiger partial charge in [0, 0.05) is 24.0 Å². The van der Waals surface area contributed by atoms with E-state index in [-0.39, 0.29) is 0 Å². The first kappa shape index (κ1) is 12.0. The molecule has 1 aliphatic heterocycles. The van der Waals surface area contributed by atoms with Crippen LogP contribution >= 0.6 is 11.3 Å². The lowest BCUT2D eigenvalue weighted by Gasteiger charge is -2.23. The fraction of sp³-hybridized carbons (Fsp3) is 0.750. The number of rotatable bonds is 5. The van der Waals surface area contributed by atoms with Gasteiger partial charge in [-0.25, -0.2) is 4.98 Å². The zero-order valence-corrected chi connectivity index (χ0v) is 11.0. The normalized spacial score (nSPS) is 19.1. The molecule has 0 aliphatic carbocycles. The van der Waals surface area contributed by atoms with Gasteiger partial charge in [0.25, 0.3) is 0 Å². The van der Waals surface area contributed by atoms with E-state index in [0.29, 0.717) is 6.04 Å². The van der Waals surface area contributed by atoms with Crippen LogP contribution in [0.2, 0.25) is 0 Å². The predicted octanol–water partition coefficient (Wildman–Crippen LogP) is 2.03. The van der Waals surface area contributed by atoms with Crippen molar-refractivity contribution in [2.75, 3.05) is 19.6 Å². The molecule has 1 unspecified atom stereocenters. The zero-order valence-electron chi connectivity index (χ0n) is 10.2. The molecule has 1 atom stereocenters. The molecule has 0 saturated carbocycles. The first-order valence-corrected chi connectivity index (χ1v) is 6.99. The van der Waals surface area contributed by atoms with Gasteiger partial charge >= 0.3 is 0 Å². The molecule has 0 aromatic carbocycles. The monoisotopic (exact) mass is 239 g/mol. The summed E-state index contributed by atoms with van der Waals surface area (Å²) in [6.45, 7) is 9.01. The van der Waals surface area contributed by atoms with Crippen LogP contribution in [-0.2, 0) is 6.54 Å². The molecule has 2 rings (SSSR count). The lowest BCUT2D eigenvalue weighted by atomic mass is 10.3. The van der Waals surface area contributed by atoms with Gasteiger partial charge in [0.15, 0.2) is 0 Å². The molecule has 0 bridgehead atoms. The highest BCUT2D eigenvalue weighted by atomic mass is 32.1. The maximum Gasteiger partial charge on any atom is 0.0798 e. The Morgan fingerprint density at radius 3 is 2.88 bits per heavy atom. The molecule has 1 N–H and O–H groups in total. The highest BCUT2D eigenvalue weighted by Crippen LogP contribution is 2.13. The fourth-order valence-electron chi connectivity index (χ4n) is 2.20. The Morgan fingerprint density at radius 1 is 1.50 bits per heavy atom. The number of aromatic nitrogens is 1. The SMILES string of the molecule is Cc1ncsc1CNCC(C)N1CCCC1. The summed E-state index contributed by atoms with van der Waals surface area (Å²) in [5.74, 6) is 0. The van der Waals surface area contributed by atoms with Crippen molar-refractivity contribution < 1.29 is 0 Å². The van der Waals surface area contributed by atoms with Gasteiger partial charge in [-0.15, -0.1) is 11.3 Å². The third-order valence-electron chi connectivity index (χ3n) is 3.33. The number of likely N-dealkylation sites (tertiary alicyclic amines) is 1. The van der Waals surface area contributed by atoms with E-state index in [1.54, 1.807) is 11.3 Å². The highest BCUT2D eigenvalue weighted by Gasteiger charge is 2.17. The molecular weight excluding hydrogens is 218 g/mol. The van der Waals surface area contributed by atoms with Crippen LogP contribution in [0.1, 0.15) is 30.3 Å². The van der Waals surface area contributed by atoms with Crippen LogP contribution in [0.4, 0.5) is 0 Å². The summed E-state index contributed by atoms with van der Waals surface area (Å²) in [7, 11) is 0. The van der Waals surface area contributed by atoms with Crippen LogP contribution in [0.15, 0.2) is 5.51 Å². The van der Waals surface area contributed by atoms with Crippen LogP contribution in [-0.4, -0.2) is 35.6 Å². The number of thiazole rings is 1. The maximum atomic E-state index is 4.26. The average Bonchev–Trinajstić information content (AvgIpc) is 2.90. The van der Waals surface area contributed by atoms with Crippen molar-refractivity contribution in [2.24, 2.45) is 0 Å². The molecule has 1 aromatic rings. The second-order valence-corrected chi connectivity index (χ2v) is 5.52. The van der Waals surface area contributed by atoms with Crippen LogP contribution in [0, 0.1) is 6.92 Å². The summed E-state index contributed by atoms with van der Waals surface area (Å²) < 4.78 is 0. The van der Waals surface area contributed by atoms with Gasteiger partial charge in [0.2, 0.25) is 0 Å². The standard InChI is InChI=1S/C12H21N3S/c1-10(15-5-3-4-6-15)7-13-8-12-11(2)14-9-16-12/h9-10,13H,3-8H2,1-2H3. The molecule has 16 heavy (non-hydrogen) atoms. The first-order chi connectivity index (χ1) is 7.77. The minimum absolute atomic E-state index is 0.663. The molecule has 0 amide bonds.